The van der Waals surface area contributed by atoms with Crippen molar-refractivity contribution in [3.05, 3.63) is 59.7 Å². The van der Waals surface area contributed by atoms with Crippen LogP contribution in [-0.2, 0) is 16.1 Å². The summed E-state index contributed by atoms with van der Waals surface area (Å²) in [5, 5.41) is 0. The lowest BCUT2D eigenvalue weighted by atomic mass is 10.2. The molecular formula is C24H30N4O3. The predicted molar refractivity (Wildman–Crippen MR) is 121 cm³/mol. The number of nitrogens with zero attached hydrogens (tertiary/aromatic N) is 4. The Labute approximate surface area is 183 Å². The van der Waals surface area contributed by atoms with Gasteiger partial charge < -0.3 is 9.64 Å². The Hall–Kier alpha value is -2.90. The van der Waals surface area contributed by atoms with Crippen LogP contribution in [0.4, 0.5) is 16.2 Å². The van der Waals surface area contributed by atoms with Crippen LogP contribution in [0.25, 0.3) is 0 Å². The van der Waals surface area contributed by atoms with Crippen LogP contribution in [0.15, 0.2) is 48.5 Å². The highest BCUT2D eigenvalue weighted by molar-refractivity contribution is 6.14. The van der Waals surface area contributed by atoms with Crippen LogP contribution in [0.1, 0.15) is 18.1 Å². The first-order valence-corrected chi connectivity index (χ1v) is 10.8. The minimum atomic E-state index is -0.503. The molecule has 0 bridgehead atoms. The second-order valence-electron chi connectivity index (χ2n) is 8.35. The Morgan fingerprint density at radius 2 is 1.58 bits per heavy atom. The van der Waals surface area contributed by atoms with Crippen molar-refractivity contribution >= 4 is 23.3 Å². The van der Waals surface area contributed by atoms with E-state index in [9.17, 15) is 9.59 Å². The van der Waals surface area contributed by atoms with Crippen molar-refractivity contribution < 1.29 is 14.3 Å². The largest absolute Gasteiger partial charge is 0.378 e. The average Bonchev–Trinajstić information content (AvgIpc) is 2.99. The summed E-state index contributed by atoms with van der Waals surface area (Å²) in [6.07, 6.45) is 0. The molecule has 0 radical (unpaired) electrons. The maximum atomic E-state index is 13.0. The molecule has 2 aromatic carbocycles. The average molecular weight is 423 g/mol. The van der Waals surface area contributed by atoms with Gasteiger partial charge in [0.1, 0.15) is 6.04 Å². The highest BCUT2D eigenvalue weighted by Gasteiger charge is 2.43. The van der Waals surface area contributed by atoms with E-state index in [1.165, 1.54) is 10.6 Å². The molecule has 0 N–H and O–H groups in total. The molecule has 0 saturated carbocycles. The molecule has 2 fully saturated rings. The SMILES string of the molecule is Cc1ccc(N2C(=O)N(CN(C)Cc3ccc(N4CCOCC4)cc3)C(=O)[C@H]2C)cc1. The van der Waals surface area contributed by atoms with E-state index in [2.05, 4.69) is 29.2 Å². The highest BCUT2D eigenvalue weighted by Crippen LogP contribution is 2.26. The van der Waals surface area contributed by atoms with Crippen LogP contribution in [0.3, 0.4) is 0 Å². The zero-order valence-electron chi connectivity index (χ0n) is 18.5. The zero-order valence-corrected chi connectivity index (χ0v) is 18.5. The summed E-state index contributed by atoms with van der Waals surface area (Å²) in [7, 11) is 1.93. The number of amides is 3. The molecule has 2 aliphatic rings. The Balaban J connectivity index is 1.38. The molecule has 3 amide bonds. The Morgan fingerprint density at radius 3 is 2.23 bits per heavy atom. The second kappa shape index (κ2) is 9.08. The molecule has 31 heavy (non-hydrogen) atoms. The highest BCUT2D eigenvalue weighted by atomic mass is 16.5. The summed E-state index contributed by atoms with van der Waals surface area (Å²) in [6, 6.07) is 15.4. The molecule has 1 atom stereocenters. The van der Waals surface area contributed by atoms with Gasteiger partial charge in [-0.2, -0.15) is 0 Å². The maximum absolute atomic E-state index is 13.0. The zero-order chi connectivity index (χ0) is 22.0. The summed E-state index contributed by atoms with van der Waals surface area (Å²) in [6.45, 7) is 8.04. The minimum absolute atomic E-state index is 0.167. The van der Waals surface area contributed by atoms with E-state index in [0.29, 0.717) is 6.54 Å². The number of hydrogen-bond donors (Lipinski definition) is 0. The van der Waals surface area contributed by atoms with E-state index in [1.807, 2.05) is 43.1 Å². The van der Waals surface area contributed by atoms with Crippen LogP contribution in [-0.4, -0.2) is 67.8 Å². The fourth-order valence-corrected chi connectivity index (χ4v) is 4.13. The van der Waals surface area contributed by atoms with Gasteiger partial charge >= 0.3 is 6.03 Å². The lowest BCUT2D eigenvalue weighted by Gasteiger charge is -2.29. The third kappa shape index (κ3) is 4.57. The molecule has 164 valence electrons. The number of morpholine rings is 1. The quantitative estimate of drug-likeness (QED) is 0.670. The topological polar surface area (TPSA) is 56.3 Å². The summed E-state index contributed by atoms with van der Waals surface area (Å²) in [4.78, 5) is 33.0. The summed E-state index contributed by atoms with van der Waals surface area (Å²) >= 11 is 0. The van der Waals surface area contributed by atoms with Gasteiger partial charge in [-0.3, -0.25) is 14.6 Å². The molecule has 7 nitrogen and oxygen atoms in total. The molecule has 2 saturated heterocycles. The van der Waals surface area contributed by atoms with Crippen LogP contribution in [0, 0.1) is 6.92 Å². The number of aryl methyl sites for hydroxylation is 1. The number of carbonyl (C=O) groups is 2. The van der Waals surface area contributed by atoms with Crippen LogP contribution in [0.2, 0.25) is 0 Å². The molecule has 2 aliphatic heterocycles. The predicted octanol–water partition coefficient (Wildman–Crippen LogP) is 3.08. The fraction of sp³-hybridized carbons (Fsp3) is 0.417. The van der Waals surface area contributed by atoms with E-state index in [1.54, 1.807) is 11.8 Å². The smallest absolute Gasteiger partial charge is 0.333 e. The van der Waals surface area contributed by atoms with Crippen molar-refractivity contribution in [2.24, 2.45) is 0 Å². The van der Waals surface area contributed by atoms with Gasteiger partial charge in [-0.25, -0.2) is 9.69 Å². The van der Waals surface area contributed by atoms with Gasteiger partial charge in [-0.1, -0.05) is 29.8 Å². The number of carbonyl (C=O) groups excluding carboxylic acids is 2. The molecule has 7 heteroatoms. The monoisotopic (exact) mass is 422 g/mol. The number of imide groups is 1. The van der Waals surface area contributed by atoms with Crippen LogP contribution >= 0.6 is 0 Å². The van der Waals surface area contributed by atoms with E-state index >= 15 is 0 Å². The van der Waals surface area contributed by atoms with Gasteiger partial charge in [-0.15, -0.1) is 0 Å². The minimum Gasteiger partial charge on any atom is -0.378 e. The molecule has 0 aliphatic carbocycles. The Kier molecular flexibility index (Phi) is 6.25. The number of rotatable bonds is 6. The molecule has 4 rings (SSSR count). The van der Waals surface area contributed by atoms with Crippen molar-refractivity contribution in [3.63, 3.8) is 0 Å². The van der Waals surface area contributed by atoms with Gasteiger partial charge in [0, 0.05) is 31.0 Å². The number of urea groups is 1. The molecule has 2 heterocycles. The van der Waals surface area contributed by atoms with Crippen molar-refractivity contribution in [1.29, 1.82) is 0 Å². The fourth-order valence-electron chi connectivity index (χ4n) is 4.13. The number of ether oxygens (including phenoxy) is 1. The number of anilines is 2. The molecule has 2 aromatic rings. The third-order valence-electron chi connectivity index (χ3n) is 5.91. The standard InChI is InChI=1S/C24H30N4O3/c1-18-4-8-22(9-5-18)28-19(2)23(29)27(24(28)30)17-25(3)16-20-6-10-21(11-7-20)26-12-14-31-15-13-26/h4-11,19H,12-17H2,1-3H3/t19-/m1/s1. The maximum Gasteiger partial charge on any atom is 0.333 e. The van der Waals surface area contributed by atoms with E-state index in [-0.39, 0.29) is 18.6 Å². The van der Waals surface area contributed by atoms with Gasteiger partial charge in [0.05, 0.1) is 19.9 Å². The summed E-state index contributed by atoms with van der Waals surface area (Å²) < 4.78 is 5.42. The van der Waals surface area contributed by atoms with Crippen molar-refractivity contribution in [2.45, 2.75) is 26.4 Å². The Morgan fingerprint density at radius 1 is 0.968 bits per heavy atom. The van der Waals surface area contributed by atoms with Crippen LogP contribution < -0.4 is 9.80 Å². The molecule has 0 unspecified atom stereocenters. The van der Waals surface area contributed by atoms with Crippen LogP contribution in [0.5, 0.6) is 0 Å². The lowest BCUT2D eigenvalue weighted by molar-refractivity contribution is -0.128. The van der Waals surface area contributed by atoms with E-state index in [0.717, 1.165) is 43.1 Å². The second-order valence-corrected chi connectivity index (χ2v) is 8.35. The molecular weight excluding hydrogens is 392 g/mol. The molecule has 0 spiro atoms. The van der Waals surface area contributed by atoms with Crippen molar-refractivity contribution in [2.75, 3.05) is 49.8 Å². The van der Waals surface area contributed by atoms with E-state index in [4.69, 9.17) is 4.74 Å². The normalized spacial score (nSPS) is 19.6. The summed E-state index contributed by atoms with van der Waals surface area (Å²) in [5.41, 5.74) is 4.20. The van der Waals surface area contributed by atoms with E-state index < -0.39 is 6.04 Å². The summed E-state index contributed by atoms with van der Waals surface area (Å²) in [5.74, 6) is -0.167. The number of hydrogen-bond acceptors (Lipinski definition) is 5. The molecule has 0 aromatic heterocycles. The number of benzene rings is 2. The Bertz CT molecular complexity index is 923. The van der Waals surface area contributed by atoms with Gasteiger partial charge in [0.15, 0.2) is 0 Å². The van der Waals surface area contributed by atoms with Gasteiger partial charge in [0.2, 0.25) is 0 Å². The van der Waals surface area contributed by atoms with Gasteiger partial charge in [0.25, 0.3) is 5.91 Å². The van der Waals surface area contributed by atoms with Crippen molar-refractivity contribution in [1.82, 2.24) is 9.80 Å². The first kappa shape index (κ1) is 21.3. The lowest BCUT2D eigenvalue weighted by Crippen LogP contribution is -2.40. The van der Waals surface area contributed by atoms with Gasteiger partial charge in [-0.05, 0) is 50.7 Å². The van der Waals surface area contributed by atoms with Crippen molar-refractivity contribution in [3.8, 4) is 0 Å². The third-order valence-corrected chi connectivity index (χ3v) is 5.91. The first-order chi connectivity index (χ1) is 14.9. The first-order valence-electron chi connectivity index (χ1n) is 10.8.